The van der Waals surface area contributed by atoms with Crippen LogP contribution in [-0.2, 0) is 28.0 Å². The number of fused-ring (bicyclic) bond motifs is 1. The summed E-state index contributed by atoms with van der Waals surface area (Å²) in [5, 5.41) is 49.6. The number of pyridine rings is 1. The van der Waals surface area contributed by atoms with Gasteiger partial charge in [0.1, 0.15) is 17.2 Å². The number of aliphatic hydroxyl groups is 1. The van der Waals surface area contributed by atoms with Crippen molar-refractivity contribution in [1.29, 1.82) is 0 Å². The topological polar surface area (TPSA) is 193 Å². The molecule has 0 radical (unpaired) electrons. The maximum absolute atomic E-state index is 11.7. The Balaban J connectivity index is 0.000000980. The Bertz CT molecular complexity index is 1950. The molecule has 5 aromatic rings. The Morgan fingerprint density at radius 2 is 1.51 bits per heavy atom. The number of likely N-dealkylation sites (tertiary alicyclic amines) is 1. The smallest absolute Gasteiger partial charge is 0.290 e. The molecule has 1 fully saturated rings. The normalized spacial score (nSPS) is 14.2. The molecule has 1 aromatic heterocycles. The Labute approximate surface area is 307 Å². The molecule has 1 aliphatic heterocycles. The lowest BCUT2D eigenvalue weighted by Gasteiger charge is -2.42. The SMILES string of the molecule is CN1CCC(c2ccccc2)(c2cc(CCCOc3ccc(CNC[C@H](O)c4ccc(O)c5[nH]c(=O)ccc45)cc3)ccc2O)CC1.O=CO.O=CO. The summed E-state index contributed by atoms with van der Waals surface area (Å²) in [5.41, 5.74) is 5.00. The second kappa shape index (κ2) is 19.8. The van der Waals surface area contributed by atoms with Crippen molar-refractivity contribution in [3.05, 3.63) is 135 Å². The summed E-state index contributed by atoms with van der Waals surface area (Å²) in [6.45, 7) is 2.93. The van der Waals surface area contributed by atoms with Crippen LogP contribution in [0, 0.1) is 0 Å². The number of aromatic amines is 1. The number of aromatic hydroxyl groups is 2. The van der Waals surface area contributed by atoms with Gasteiger partial charge in [0.05, 0.1) is 18.2 Å². The molecule has 1 saturated heterocycles. The summed E-state index contributed by atoms with van der Waals surface area (Å²) in [6.07, 6.45) is 2.84. The average Bonchev–Trinajstić information content (AvgIpc) is 3.16. The van der Waals surface area contributed by atoms with Crippen LogP contribution in [0.1, 0.15) is 53.2 Å². The number of phenols is 2. The van der Waals surface area contributed by atoms with Crippen LogP contribution < -0.4 is 15.6 Å². The quantitative estimate of drug-likeness (QED) is 0.0662. The summed E-state index contributed by atoms with van der Waals surface area (Å²) in [6, 6.07) is 30.8. The molecule has 0 amide bonds. The molecule has 12 nitrogen and oxygen atoms in total. The third-order valence-electron chi connectivity index (χ3n) is 9.48. The molecule has 0 aliphatic carbocycles. The number of ether oxygens (including phenoxy) is 1. The fourth-order valence-corrected chi connectivity index (χ4v) is 6.78. The Morgan fingerprint density at radius 3 is 2.19 bits per heavy atom. The summed E-state index contributed by atoms with van der Waals surface area (Å²) < 4.78 is 6.05. The number of nitrogens with zero attached hydrogens (tertiary/aromatic N) is 1. The number of hydrogen-bond acceptors (Lipinski definition) is 9. The largest absolute Gasteiger partial charge is 0.508 e. The fourth-order valence-electron chi connectivity index (χ4n) is 6.78. The van der Waals surface area contributed by atoms with Crippen LogP contribution in [0.25, 0.3) is 10.9 Å². The summed E-state index contributed by atoms with van der Waals surface area (Å²) in [7, 11) is 2.16. The first kappa shape index (κ1) is 40.1. The highest BCUT2D eigenvalue weighted by Crippen LogP contribution is 2.45. The zero-order valence-electron chi connectivity index (χ0n) is 29.6. The van der Waals surface area contributed by atoms with E-state index in [-0.39, 0.29) is 29.7 Å². The first-order valence-electron chi connectivity index (χ1n) is 17.3. The predicted molar refractivity (Wildman–Crippen MR) is 203 cm³/mol. The monoisotopic (exact) mass is 725 g/mol. The molecule has 2 heterocycles. The molecular formula is C41H47N3O9. The van der Waals surface area contributed by atoms with Gasteiger partial charge in [0, 0.05) is 35.5 Å². The van der Waals surface area contributed by atoms with Gasteiger partial charge >= 0.3 is 0 Å². The lowest BCUT2D eigenvalue weighted by Crippen LogP contribution is -2.41. The van der Waals surface area contributed by atoms with Crippen molar-refractivity contribution in [2.24, 2.45) is 0 Å². The standard InChI is InChI=1S/C39H43N3O5.2CH2O2/c1-42-21-19-39(20-22-42,29-7-3-2-4-8-29)33-24-27(11-16-34(33)43)6-5-23-47-30-12-9-28(10-13-30)25-40-26-36(45)31-14-17-35(44)38-32(31)15-18-37(46)41-38;2*2-1-3/h2-4,7-18,24,36,40,43-45H,5-6,19-23,25-26H2,1H3,(H,41,46);2*1H,(H,2,3)/t36-;;/m0../s1. The number of rotatable bonds is 12. The number of aromatic nitrogens is 1. The van der Waals surface area contributed by atoms with E-state index < -0.39 is 6.10 Å². The van der Waals surface area contributed by atoms with Gasteiger partial charge in [-0.2, -0.15) is 0 Å². The number of carbonyl (C=O) groups is 2. The van der Waals surface area contributed by atoms with Crippen molar-refractivity contribution in [3.63, 3.8) is 0 Å². The van der Waals surface area contributed by atoms with Gasteiger partial charge in [-0.1, -0.05) is 60.7 Å². The number of phenolic OH excluding ortho intramolecular Hbond substituents is 2. The predicted octanol–water partition coefficient (Wildman–Crippen LogP) is 5.19. The van der Waals surface area contributed by atoms with Gasteiger partial charge in [-0.15, -0.1) is 0 Å². The van der Waals surface area contributed by atoms with Crippen LogP contribution in [-0.4, -0.2) is 81.6 Å². The van der Waals surface area contributed by atoms with E-state index in [2.05, 4.69) is 52.6 Å². The third kappa shape index (κ3) is 10.7. The van der Waals surface area contributed by atoms with E-state index in [1.54, 1.807) is 12.1 Å². The first-order valence-corrected chi connectivity index (χ1v) is 17.3. The molecule has 53 heavy (non-hydrogen) atoms. The van der Waals surface area contributed by atoms with E-state index in [9.17, 15) is 20.1 Å². The van der Waals surface area contributed by atoms with E-state index in [4.69, 9.17) is 24.5 Å². The van der Waals surface area contributed by atoms with Crippen molar-refractivity contribution in [2.45, 2.75) is 43.7 Å². The Hall–Kier alpha value is -5.69. The summed E-state index contributed by atoms with van der Waals surface area (Å²) >= 11 is 0. The highest BCUT2D eigenvalue weighted by molar-refractivity contribution is 5.87. The number of carboxylic acid groups (broad SMARTS) is 2. The number of benzene rings is 4. The Morgan fingerprint density at radius 1 is 0.868 bits per heavy atom. The molecule has 280 valence electrons. The second-order valence-corrected chi connectivity index (χ2v) is 12.8. The van der Waals surface area contributed by atoms with Crippen molar-refractivity contribution < 1.29 is 39.9 Å². The number of piperidine rings is 1. The molecule has 1 aliphatic rings. The summed E-state index contributed by atoms with van der Waals surface area (Å²) in [5.74, 6) is 1.14. The van der Waals surface area contributed by atoms with Gasteiger partial charge in [0.25, 0.3) is 12.9 Å². The van der Waals surface area contributed by atoms with Crippen molar-refractivity contribution in [1.82, 2.24) is 15.2 Å². The molecule has 6 rings (SSSR count). The Kier molecular flexibility index (Phi) is 15.0. The highest BCUT2D eigenvalue weighted by Gasteiger charge is 2.39. The van der Waals surface area contributed by atoms with Gasteiger partial charge in [0.15, 0.2) is 0 Å². The zero-order valence-corrected chi connectivity index (χ0v) is 29.6. The molecule has 0 bridgehead atoms. The highest BCUT2D eigenvalue weighted by atomic mass is 16.5. The van der Waals surface area contributed by atoms with Gasteiger partial charge < -0.3 is 45.5 Å². The van der Waals surface area contributed by atoms with Crippen LogP contribution in [0.5, 0.6) is 17.2 Å². The van der Waals surface area contributed by atoms with E-state index >= 15 is 0 Å². The first-order chi connectivity index (χ1) is 25.6. The minimum atomic E-state index is -0.815. The fraction of sp³-hybridized carbons (Fsp3) is 0.293. The maximum Gasteiger partial charge on any atom is 0.290 e. The molecule has 0 unspecified atom stereocenters. The lowest BCUT2D eigenvalue weighted by molar-refractivity contribution is -0.123. The second-order valence-electron chi connectivity index (χ2n) is 12.8. The molecule has 12 heteroatoms. The molecule has 7 N–H and O–H groups in total. The molecule has 0 spiro atoms. The van der Waals surface area contributed by atoms with E-state index in [1.165, 1.54) is 23.3 Å². The van der Waals surface area contributed by atoms with Crippen molar-refractivity contribution >= 4 is 23.8 Å². The molecule has 4 aromatic carbocycles. The van der Waals surface area contributed by atoms with Gasteiger partial charge in [0.2, 0.25) is 5.56 Å². The van der Waals surface area contributed by atoms with E-state index in [0.29, 0.717) is 41.9 Å². The third-order valence-corrected chi connectivity index (χ3v) is 9.48. The lowest BCUT2D eigenvalue weighted by atomic mass is 9.67. The van der Waals surface area contributed by atoms with Crippen molar-refractivity contribution in [2.75, 3.05) is 33.3 Å². The summed E-state index contributed by atoms with van der Waals surface area (Å²) in [4.78, 5) is 33.4. The average molecular weight is 726 g/mol. The van der Waals surface area contributed by atoms with Crippen LogP contribution in [0.3, 0.4) is 0 Å². The minimum absolute atomic E-state index is 0.0295. The molecular weight excluding hydrogens is 678 g/mol. The maximum atomic E-state index is 11.7. The van der Waals surface area contributed by atoms with Crippen LogP contribution >= 0.6 is 0 Å². The van der Waals surface area contributed by atoms with Gasteiger partial charge in [-0.3, -0.25) is 14.4 Å². The number of nitrogens with one attached hydrogen (secondary N) is 2. The molecule has 1 atom stereocenters. The van der Waals surface area contributed by atoms with Crippen molar-refractivity contribution in [3.8, 4) is 17.2 Å². The van der Waals surface area contributed by atoms with E-state index in [0.717, 1.165) is 55.6 Å². The number of aliphatic hydroxyl groups excluding tert-OH is 1. The van der Waals surface area contributed by atoms with Crippen LogP contribution in [0.4, 0.5) is 0 Å². The number of H-pyrrole nitrogens is 1. The number of hydrogen-bond donors (Lipinski definition) is 7. The van der Waals surface area contributed by atoms with Gasteiger partial charge in [-0.25, -0.2) is 0 Å². The van der Waals surface area contributed by atoms with Crippen LogP contribution in [0.15, 0.2) is 102 Å². The molecule has 0 saturated carbocycles. The zero-order chi connectivity index (χ0) is 38.2. The van der Waals surface area contributed by atoms with Crippen LogP contribution in [0.2, 0.25) is 0 Å². The van der Waals surface area contributed by atoms with Gasteiger partial charge in [-0.05, 0) is 98.4 Å². The van der Waals surface area contributed by atoms with E-state index in [1.807, 2.05) is 42.5 Å². The number of aryl methyl sites for hydroxylation is 1. The minimum Gasteiger partial charge on any atom is -0.508 e.